The van der Waals surface area contributed by atoms with Crippen LogP contribution in [0.1, 0.15) is 0 Å². The fraction of sp³-hybridized carbons (Fsp3) is 0. The molecule has 0 aliphatic rings. The molecule has 6 rings (SSSR count). The maximum atomic E-state index is 3.87. The molecular formula is C26H12Br4. The van der Waals surface area contributed by atoms with Crippen molar-refractivity contribution in [2.45, 2.75) is 0 Å². The molecule has 0 aliphatic heterocycles. The largest absolute Gasteiger partial charge is 0.0537 e. The molecule has 6 aromatic rings. The van der Waals surface area contributed by atoms with Crippen LogP contribution in [-0.2, 0) is 0 Å². The van der Waals surface area contributed by atoms with Crippen LogP contribution in [0.5, 0.6) is 0 Å². The lowest BCUT2D eigenvalue weighted by Gasteiger charge is -2.16. The fourth-order valence-corrected chi connectivity index (χ4v) is 6.24. The molecule has 0 nitrogen and oxygen atoms in total. The zero-order chi connectivity index (χ0) is 20.6. The van der Waals surface area contributed by atoms with Gasteiger partial charge in [0.2, 0.25) is 0 Å². The first kappa shape index (κ1) is 19.2. The molecule has 0 fully saturated rings. The Bertz CT molecular complexity index is 1670. The molecule has 0 saturated heterocycles. The van der Waals surface area contributed by atoms with E-state index in [-0.39, 0.29) is 0 Å². The molecule has 0 amide bonds. The minimum atomic E-state index is 1.09. The highest BCUT2D eigenvalue weighted by Gasteiger charge is 2.16. The average Bonchev–Trinajstić information content (AvgIpc) is 2.73. The lowest BCUT2D eigenvalue weighted by Crippen LogP contribution is -1.88. The van der Waals surface area contributed by atoms with E-state index in [1.54, 1.807) is 0 Å². The van der Waals surface area contributed by atoms with Gasteiger partial charge in [0.05, 0.1) is 0 Å². The number of halogens is 4. The van der Waals surface area contributed by atoms with Gasteiger partial charge in [0.25, 0.3) is 0 Å². The number of hydrogen-bond donors (Lipinski definition) is 0. The van der Waals surface area contributed by atoms with Crippen LogP contribution < -0.4 is 0 Å². The van der Waals surface area contributed by atoms with Crippen molar-refractivity contribution in [2.24, 2.45) is 0 Å². The van der Waals surface area contributed by atoms with Gasteiger partial charge in [-0.2, -0.15) is 0 Å². The number of rotatable bonds is 0. The summed E-state index contributed by atoms with van der Waals surface area (Å²) >= 11 is 15.0. The van der Waals surface area contributed by atoms with E-state index in [4.69, 9.17) is 0 Å². The predicted octanol–water partition coefficient (Wildman–Crippen LogP) is 10.5. The summed E-state index contributed by atoms with van der Waals surface area (Å²) in [5, 5.41) is 12.6. The molecule has 0 heterocycles. The molecule has 6 aromatic carbocycles. The van der Waals surface area contributed by atoms with Crippen molar-refractivity contribution >= 4 is 118 Å². The lowest BCUT2D eigenvalue weighted by molar-refractivity contribution is 1.71. The Morgan fingerprint density at radius 1 is 0.367 bits per heavy atom. The normalized spacial score (nSPS) is 12.0. The highest BCUT2D eigenvalue weighted by molar-refractivity contribution is 9.11. The second kappa shape index (κ2) is 7.03. The van der Waals surface area contributed by atoms with Gasteiger partial charge >= 0.3 is 0 Å². The van der Waals surface area contributed by atoms with Gasteiger partial charge in [-0.05, 0) is 96.3 Å². The SMILES string of the molecule is Brc1ccc2c3ccc(Br)cc3c3c(cc(Br)c4ccc5ccc(Br)cc5c43)c2c1. The van der Waals surface area contributed by atoms with Gasteiger partial charge in [-0.15, -0.1) is 0 Å². The standard InChI is InChI=1S/C26H12Br4/c27-14-3-1-13-2-6-19-24(30)12-23-21-10-15(28)4-7-17(21)18-8-5-16(29)11-22(18)26(23)25(19)20(13)9-14/h1-12H. The van der Waals surface area contributed by atoms with E-state index < -0.39 is 0 Å². The summed E-state index contributed by atoms with van der Waals surface area (Å²) in [6.45, 7) is 0. The Balaban J connectivity index is 2.06. The van der Waals surface area contributed by atoms with Crippen molar-refractivity contribution in [2.75, 3.05) is 0 Å². The molecule has 0 aliphatic carbocycles. The van der Waals surface area contributed by atoms with E-state index in [9.17, 15) is 0 Å². The summed E-state index contributed by atoms with van der Waals surface area (Å²) < 4.78 is 4.38. The second-order valence-corrected chi connectivity index (χ2v) is 11.1. The molecule has 0 bridgehead atoms. The molecule has 0 radical (unpaired) electrons. The van der Waals surface area contributed by atoms with Crippen LogP contribution in [0.3, 0.4) is 0 Å². The molecule has 0 aromatic heterocycles. The fourth-order valence-electron chi connectivity index (χ4n) is 4.60. The highest BCUT2D eigenvalue weighted by Crippen LogP contribution is 2.45. The Labute approximate surface area is 206 Å². The third-order valence-electron chi connectivity index (χ3n) is 5.84. The average molecular weight is 644 g/mol. The van der Waals surface area contributed by atoms with Gasteiger partial charge in [-0.1, -0.05) is 94.1 Å². The zero-order valence-corrected chi connectivity index (χ0v) is 21.8. The molecule has 144 valence electrons. The van der Waals surface area contributed by atoms with Crippen LogP contribution >= 0.6 is 63.7 Å². The van der Waals surface area contributed by atoms with E-state index in [1.165, 1.54) is 53.9 Å². The molecular weight excluding hydrogens is 632 g/mol. The quantitative estimate of drug-likeness (QED) is 0.145. The van der Waals surface area contributed by atoms with E-state index in [0.29, 0.717) is 0 Å². The Morgan fingerprint density at radius 2 is 0.833 bits per heavy atom. The monoisotopic (exact) mass is 640 g/mol. The van der Waals surface area contributed by atoms with Crippen LogP contribution in [0.2, 0.25) is 0 Å². The van der Waals surface area contributed by atoms with Crippen molar-refractivity contribution in [1.29, 1.82) is 0 Å². The maximum Gasteiger partial charge on any atom is 0.0260 e. The first-order chi connectivity index (χ1) is 14.5. The van der Waals surface area contributed by atoms with Crippen molar-refractivity contribution in [3.63, 3.8) is 0 Å². The summed E-state index contributed by atoms with van der Waals surface area (Å²) in [5.74, 6) is 0. The zero-order valence-electron chi connectivity index (χ0n) is 15.4. The first-order valence-corrected chi connectivity index (χ1v) is 12.6. The molecule has 0 saturated carbocycles. The van der Waals surface area contributed by atoms with Gasteiger partial charge in [0.15, 0.2) is 0 Å². The van der Waals surface area contributed by atoms with Crippen molar-refractivity contribution < 1.29 is 0 Å². The van der Waals surface area contributed by atoms with Crippen LogP contribution in [-0.4, -0.2) is 0 Å². The molecule has 0 N–H and O–H groups in total. The number of benzene rings is 6. The Hall–Kier alpha value is -1.46. The molecule has 30 heavy (non-hydrogen) atoms. The third kappa shape index (κ3) is 2.81. The van der Waals surface area contributed by atoms with Crippen LogP contribution in [0.15, 0.2) is 90.7 Å². The molecule has 0 atom stereocenters. The van der Waals surface area contributed by atoms with Crippen LogP contribution in [0, 0.1) is 0 Å². The van der Waals surface area contributed by atoms with E-state index in [2.05, 4.69) is 137 Å². The lowest BCUT2D eigenvalue weighted by atomic mass is 9.89. The van der Waals surface area contributed by atoms with Crippen LogP contribution in [0.25, 0.3) is 53.9 Å². The van der Waals surface area contributed by atoms with Gasteiger partial charge in [0.1, 0.15) is 0 Å². The van der Waals surface area contributed by atoms with Gasteiger partial charge in [0, 0.05) is 17.9 Å². The highest BCUT2D eigenvalue weighted by atomic mass is 79.9. The third-order valence-corrected chi connectivity index (χ3v) is 7.98. The minimum Gasteiger partial charge on any atom is -0.0537 e. The molecule has 0 spiro atoms. The van der Waals surface area contributed by atoms with E-state index in [1.807, 2.05) is 0 Å². The van der Waals surface area contributed by atoms with Crippen molar-refractivity contribution in [1.82, 2.24) is 0 Å². The molecule has 4 heteroatoms. The van der Waals surface area contributed by atoms with E-state index >= 15 is 0 Å². The summed E-state index contributed by atoms with van der Waals surface area (Å²) in [4.78, 5) is 0. The smallest absolute Gasteiger partial charge is 0.0260 e. The second-order valence-electron chi connectivity index (χ2n) is 7.51. The summed E-state index contributed by atoms with van der Waals surface area (Å²) in [5.41, 5.74) is 0. The van der Waals surface area contributed by atoms with E-state index in [0.717, 1.165) is 17.9 Å². The topological polar surface area (TPSA) is 0 Å². The van der Waals surface area contributed by atoms with Gasteiger partial charge in [-0.25, -0.2) is 0 Å². The summed E-state index contributed by atoms with van der Waals surface area (Å²) in [7, 11) is 0. The summed E-state index contributed by atoms with van der Waals surface area (Å²) in [6, 6.07) is 26.4. The number of hydrogen-bond acceptors (Lipinski definition) is 0. The number of fused-ring (bicyclic) bond motifs is 10. The van der Waals surface area contributed by atoms with Gasteiger partial charge in [-0.3, -0.25) is 0 Å². The first-order valence-electron chi connectivity index (χ1n) is 9.46. The maximum absolute atomic E-state index is 3.87. The minimum absolute atomic E-state index is 1.09. The van der Waals surface area contributed by atoms with Crippen molar-refractivity contribution in [3.05, 3.63) is 90.7 Å². The van der Waals surface area contributed by atoms with Crippen LogP contribution in [0.4, 0.5) is 0 Å². The molecule has 0 unspecified atom stereocenters. The Morgan fingerprint density at radius 3 is 1.57 bits per heavy atom. The van der Waals surface area contributed by atoms with Crippen molar-refractivity contribution in [3.8, 4) is 0 Å². The summed E-state index contributed by atoms with van der Waals surface area (Å²) in [6.07, 6.45) is 0. The Kier molecular flexibility index (Phi) is 4.51. The van der Waals surface area contributed by atoms with Gasteiger partial charge < -0.3 is 0 Å². The predicted molar refractivity (Wildman–Crippen MR) is 145 cm³/mol.